The van der Waals surface area contributed by atoms with E-state index in [1.165, 1.54) is 0 Å². The van der Waals surface area contributed by atoms with Crippen LogP contribution in [0, 0.1) is 25.2 Å². The van der Waals surface area contributed by atoms with E-state index in [1.54, 1.807) is 11.0 Å². The third-order valence-electron chi connectivity index (χ3n) is 4.80. The van der Waals surface area contributed by atoms with Gasteiger partial charge < -0.3 is 14.2 Å². The maximum Gasteiger partial charge on any atom is 0.349 e. The Labute approximate surface area is 161 Å². The molecule has 1 aromatic heterocycles. The molecule has 1 aromatic rings. The minimum Gasteiger partial charge on any atom is -0.451 e. The third-order valence-corrected chi connectivity index (χ3v) is 4.80. The zero-order valence-corrected chi connectivity index (χ0v) is 17.1. The normalized spacial score (nSPS) is 14.4. The van der Waals surface area contributed by atoms with Gasteiger partial charge >= 0.3 is 5.97 Å². The Morgan fingerprint density at radius 2 is 1.89 bits per heavy atom. The van der Waals surface area contributed by atoms with Crippen LogP contribution in [0.1, 0.15) is 63.5 Å². The fraction of sp³-hybridized carbons (Fsp3) is 0.571. The molecule has 1 amide bonds. The molecule has 0 radical (unpaired) electrons. The van der Waals surface area contributed by atoms with Crippen LogP contribution in [-0.2, 0) is 14.3 Å². The molecule has 0 unspecified atom stereocenters. The Morgan fingerprint density at radius 1 is 1.30 bits per heavy atom. The quantitative estimate of drug-likeness (QED) is 0.417. The minimum atomic E-state index is -0.769. The highest BCUT2D eigenvalue weighted by Gasteiger charge is 2.27. The standard InChI is InChI=1S/C21H29N3O3/c1-13(2)23(14(3)4)20(25)12-27-21(26)18(11-22)10-17-9-15(5)24(16(17)6)19-7-8-19/h9-10,13-14,19H,7-8,12H2,1-6H3/b18-10+. The summed E-state index contributed by atoms with van der Waals surface area (Å²) in [6.45, 7) is 11.3. The molecule has 0 spiro atoms. The first-order chi connectivity index (χ1) is 12.7. The van der Waals surface area contributed by atoms with Crippen molar-refractivity contribution in [3.05, 3.63) is 28.6 Å². The van der Waals surface area contributed by atoms with E-state index in [-0.39, 0.29) is 30.2 Å². The van der Waals surface area contributed by atoms with E-state index in [9.17, 15) is 14.9 Å². The molecule has 27 heavy (non-hydrogen) atoms. The average Bonchev–Trinajstić information content (AvgIpc) is 3.36. The van der Waals surface area contributed by atoms with Crippen molar-refractivity contribution >= 4 is 18.0 Å². The maximum atomic E-state index is 12.3. The lowest BCUT2D eigenvalue weighted by atomic mass is 10.1. The van der Waals surface area contributed by atoms with Crippen LogP contribution in [0.5, 0.6) is 0 Å². The lowest BCUT2D eigenvalue weighted by molar-refractivity contribution is -0.150. The van der Waals surface area contributed by atoms with Gasteiger partial charge in [0.15, 0.2) is 6.61 Å². The molecule has 1 aliphatic carbocycles. The lowest BCUT2D eigenvalue weighted by Crippen LogP contribution is -2.44. The molecular weight excluding hydrogens is 342 g/mol. The molecule has 1 fully saturated rings. The number of aryl methyl sites for hydroxylation is 1. The summed E-state index contributed by atoms with van der Waals surface area (Å²) in [6.07, 6.45) is 3.88. The molecule has 1 heterocycles. The second-order valence-corrected chi connectivity index (χ2v) is 7.66. The summed E-state index contributed by atoms with van der Waals surface area (Å²) in [5.74, 6) is -1.04. The Bertz CT molecular complexity index is 784. The van der Waals surface area contributed by atoms with Gasteiger partial charge in [0.2, 0.25) is 0 Å². The van der Waals surface area contributed by atoms with Crippen LogP contribution < -0.4 is 0 Å². The topological polar surface area (TPSA) is 75.3 Å². The molecule has 0 bridgehead atoms. The summed E-state index contributed by atoms with van der Waals surface area (Å²) in [6, 6.07) is 4.42. The minimum absolute atomic E-state index is 0.00925. The van der Waals surface area contributed by atoms with Crippen molar-refractivity contribution in [1.29, 1.82) is 5.26 Å². The Balaban J connectivity index is 2.10. The number of ether oxygens (including phenoxy) is 1. The fourth-order valence-corrected chi connectivity index (χ4v) is 3.59. The second kappa shape index (κ2) is 8.43. The molecule has 0 N–H and O–H groups in total. The van der Waals surface area contributed by atoms with Gasteiger partial charge in [0.1, 0.15) is 11.6 Å². The van der Waals surface area contributed by atoms with E-state index in [4.69, 9.17) is 4.74 Å². The van der Waals surface area contributed by atoms with Crippen LogP contribution >= 0.6 is 0 Å². The SMILES string of the molecule is Cc1cc(/C=C(\C#N)C(=O)OCC(=O)N(C(C)C)C(C)C)c(C)n1C1CC1. The van der Waals surface area contributed by atoms with Gasteiger partial charge in [0, 0.05) is 29.5 Å². The van der Waals surface area contributed by atoms with Gasteiger partial charge in [-0.05, 0) is 72.1 Å². The van der Waals surface area contributed by atoms with Crippen LogP contribution in [-0.4, -0.2) is 40.0 Å². The molecule has 0 aliphatic heterocycles. The van der Waals surface area contributed by atoms with Crippen molar-refractivity contribution in [2.75, 3.05) is 6.61 Å². The van der Waals surface area contributed by atoms with Crippen LogP contribution in [0.3, 0.4) is 0 Å². The summed E-state index contributed by atoms with van der Waals surface area (Å²) in [5, 5.41) is 9.38. The zero-order chi connectivity index (χ0) is 20.3. The summed E-state index contributed by atoms with van der Waals surface area (Å²) in [5.41, 5.74) is 2.90. The van der Waals surface area contributed by atoms with Crippen LogP contribution in [0.2, 0.25) is 0 Å². The van der Waals surface area contributed by atoms with Crippen molar-refractivity contribution in [3.63, 3.8) is 0 Å². The third kappa shape index (κ3) is 4.79. The number of amides is 1. The molecule has 0 saturated heterocycles. The summed E-state index contributed by atoms with van der Waals surface area (Å²) < 4.78 is 7.37. The number of carbonyl (C=O) groups is 2. The fourth-order valence-electron chi connectivity index (χ4n) is 3.59. The van der Waals surface area contributed by atoms with E-state index in [1.807, 2.05) is 53.7 Å². The van der Waals surface area contributed by atoms with Crippen molar-refractivity contribution in [1.82, 2.24) is 9.47 Å². The number of aromatic nitrogens is 1. The van der Waals surface area contributed by atoms with Crippen molar-refractivity contribution in [3.8, 4) is 6.07 Å². The molecule has 146 valence electrons. The molecule has 2 rings (SSSR count). The summed E-state index contributed by atoms with van der Waals surface area (Å²) in [7, 11) is 0. The summed E-state index contributed by atoms with van der Waals surface area (Å²) in [4.78, 5) is 26.3. The van der Waals surface area contributed by atoms with Crippen molar-refractivity contribution in [2.24, 2.45) is 0 Å². The Hall–Kier alpha value is -2.55. The average molecular weight is 371 g/mol. The predicted molar refractivity (Wildman–Crippen MR) is 104 cm³/mol. The van der Waals surface area contributed by atoms with E-state index < -0.39 is 5.97 Å². The molecule has 0 atom stereocenters. The number of carbonyl (C=O) groups excluding carboxylic acids is 2. The molecular formula is C21H29N3O3. The smallest absolute Gasteiger partial charge is 0.349 e. The highest BCUT2D eigenvalue weighted by atomic mass is 16.5. The number of rotatable bonds is 7. The van der Waals surface area contributed by atoms with Crippen LogP contribution in [0.15, 0.2) is 11.6 Å². The zero-order valence-electron chi connectivity index (χ0n) is 17.1. The van der Waals surface area contributed by atoms with E-state index in [2.05, 4.69) is 4.57 Å². The predicted octanol–water partition coefficient (Wildman–Crippen LogP) is 3.54. The largest absolute Gasteiger partial charge is 0.451 e. The van der Waals surface area contributed by atoms with Gasteiger partial charge in [-0.2, -0.15) is 5.26 Å². The Kier molecular flexibility index (Phi) is 6.48. The maximum absolute atomic E-state index is 12.3. The number of esters is 1. The van der Waals surface area contributed by atoms with Gasteiger partial charge in [-0.3, -0.25) is 4.79 Å². The lowest BCUT2D eigenvalue weighted by Gasteiger charge is -2.30. The summed E-state index contributed by atoms with van der Waals surface area (Å²) >= 11 is 0. The first-order valence-corrected chi connectivity index (χ1v) is 9.45. The molecule has 0 aromatic carbocycles. The number of nitriles is 1. The van der Waals surface area contributed by atoms with Gasteiger partial charge in [0.05, 0.1) is 0 Å². The first kappa shape index (κ1) is 20.8. The number of hydrogen-bond acceptors (Lipinski definition) is 4. The first-order valence-electron chi connectivity index (χ1n) is 9.45. The van der Waals surface area contributed by atoms with Gasteiger partial charge in [0.25, 0.3) is 5.91 Å². The molecule has 1 aliphatic rings. The van der Waals surface area contributed by atoms with E-state index in [0.29, 0.717) is 6.04 Å². The van der Waals surface area contributed by atoms with Crippen molar-refractivity contribution < 1.29 is 14.3 Å². The highest BCUT2D eigenvalue weighted by Crippen LogP contribution is 2.38. The Morgan fingerprint density at radius 3 is 2.37 bits per heavy atom. The number of hydrogen-bond donors (Lipinski definition) is 0. The number of nitrogens with zero attached hydrogens (tertiary/aromatic N) is 3. The van der Waals surface area contributed by atoms with Gasteiger partial charge in [-0.15, -0.1) is 0 Å². The second-order valence-electron chi connectivity index (χ2n) is 7.66. The van der Waals surface area contributed by atoms with E-state index in [0.717, 1.165) is 29.8 Å². The van der Waals surface area contributed by atoms with Crippen molar-refractivity contribution in [2.45, 2.75) is 72.5 Å². The van der Waals surface area contributed by atoms with Gasteiger partial charge in [-0.1, -0.05) is 0 Å². The van der Waals surface area contributed by atoms with E-state index >= 15 is 0 Å². The molecule has 6 heteroatoms. The molecule has 1 saturated carbocycles. The van der Waals surface area contributed by atoms with Crippen LogP contribution in [0.25, 0.3) is 6.08 Å². The van der Waals surface area contributed by atoms with Gasteiger partial charge in [-0.25, -0.2) is 4.79 Å². The monoisotopic (exact) mass is 371 g/mol. The highest BCUT2D eigenvalue weighted by molar-refractivity contribution is 5.99. The molecule has 6 nitrogen and oxygen atoms in total. The van der Waals surface area contributed by atoms with Crippen LogP contribution in [0.4, 0.5) is 0 Å².